The molecule has 1 aliphatic rings. The second-order valence-corrected chi connectivity index (χ2v) is 9.73. The van der Waals surface area contributed by atoms with Crippen molar-refractivity contribution in [2.24, 2.45) is 0 Å². The van der Waals surface area contributed by atoms with Gasteiger partial charge < -0.3 is 14.8 Å². The number of aliphatic hydroxyl groups excluding tert-OH is 1. The molecule has 0 saturated heterocycles. The van der Waals surface area contributed by atoms with Crippen LogP contribution in [0.25, 0.3) is 10.2 Å². The maximum Gasteiger partial charge on any atom is 0.259 e. The first kappa shape index (κ1) is 20.5. The van der Waals surface area contributed by atoms with Crippen molar-refractivity contribution in [1.29, 1.82) is 0 Å². The number of hydrogen-bond donors (Lipinski definition) is 2. The van der Waals surface area contributed by atoms with E-state index >= 15 is 0 Å². The van der Waals surface area contributed by atoms with E-state index in [0.717, 1.165) is 29.5 Å². The number of aromatic nitrogens is 2. The Bertz CT molecular complexity index is 850. The highest BCUT2D eigenvalue weighted by Crippen LogP contribution is 2.34. The van der Waals surface area contributed by atoms with E-state index in [1.165, 1.54) is 10.4 Å². The van der Waals surface area contributed by atoms with Gasteiger partial charge in [0.1, 0.15) is 10.7 Å². The maximum absolute atomic E-state index is 12.6. The highest BCUT2D eigenvalue weighted by molar-refractivity contribution is 7.18. The molecule has 0 radical (unpaired) electrons. The highest BCUT2D eigenvalue weighted by Gasteiger charge is 2.23. The number of rotatable bonds is 7. The van der Waals surface area contributed by atoms with E-state index in [4.69, 9.17) is 9.72 Å². The Morgan fingerprint density at radius 1 is 1.33 bits per heavy atom. The molecule has 0 aliphatic heterocycles. The lowest BCUT2D eigenvalue weighted by atomic mass is 10.2. The summed E-state index contributed by atoms with van der Waals surface area (Å²) in [6, 6.07) is 0.212. The molecule has 6 nitrogen and oxygen atoms in total. The first-order valence-electron chi connectivity index (χ1n) is 9.73. The first-order chi connectivity index (χ1) is 12.6. The van der Waals surface area contributed by atoms with Crippen LogP contribution in [0.2, 0.25) is 0 Å². The predicted octanol–water partition coefficient (Wildman–Crippen LogP) is 2.86. The van der Waals surface area contributed by atoms with Gasteiger partial charge in [0, 0.05) is 17.5 Å². The molecule has 2 heterocycles. The van der Waals surface area contributed by atoms with Crippen molar-refractivity contribution in [2.45, 2.75) is 78.2 Å². The average molecular weight is 394 g/mol. The predicted molar refractivity (Wildman–Crippen MR) is 110 cm³/mol. The Hall–Kier alpha value is -1.28. The summed E-state index contributed by atoms with van der Waals surface area (Å²) < 4.78 is 5.68. The number of aryl methyl sites for hydroxylation is 2. The van der Waals surface area contributed by atoms with Gasteiger partial charge in [-0.1, -0.05) is 0 Å². The number of ether oxygens (including phenoxy) is 1. The van der Waals surface area contributed by atoms with Crippen molar-refractivity contribution < 1.29 is 9.84 Å². The lowest BCUT2D eigenvalue weighted by Gasteiger charge is -2.29. The molecule has 2 aromatic heterocycles. The fourth-order valence-corrected chi connectivity index (χ4v) is 4.72. The standard InChI is InChI=1S/C20H31N3O3S/c1-12(2)23(9-13(24)11-26-20(3,4)5)10-16-21-18(25)17-14-7-6-8-15(14)27-19(17)22-16/h12-13,24H,6-11H2,1-5H3,(H,21,22,25)/t13-/m1/s1. The minimum Gasteiger partial charge on any atom is -0.389 e. The lowest BCUT2D eigenvalue weighted by molar-refractivity contribution is -0.0588. The zero-order valence-corrected chi connectivity index (χ0v) is 17.8. The lowest BCUT2D eigenvalue weighted by Crippen LogP contribution is -2.40. The van der Waals surface area contributed by atoms with Crippen LogP contribution >= 0.6 is 11.3 Å². The summed E-state index contributed by atoms with van der Waals surface area (Å²) in [5.41, 5.74) is 0.890. The van der Waals surface area contributed by atoms with Gasteiger partial charge in [-0.25, -0.2) is 4.98 Å². The van der Waals surface area contributed by atoms with Crippen molar-refractivity contribution in [3.8, 4) is 0 Å². The number of H-pyrrole nitrogens is 1. The third-order valence-corrected chi connectivity index (χ3v) is 6.05. The van der Waals surface area contributed by atoms with Gasteiger partial charge >= 0.3 is 0 Å². The summed E-state index contributed by atoms with van der Waals surface area (Å²) in [6.45, 7) is 11.3. The summed E-state index contributed by atoms with van der Waals surface area (Å²) in [5, 5.41) is 11.1. The number of nitrogens with zero attached hydrogens (tertiary/aromatic N) is 2. The quantitative estimate of drug-likeness (QED) is 0.756. The smallest absolute Gasteiger partial charge is 0.259 e. The highest BCUT2D eigenvalue weighted by atomic mass is 32.1. The van der Waals surface area contributed by atoms with Crippen LogP contribution in [0.5, 0.6) is 0 Å². The van der Waals surface area contributed by atoms with Crippen LogP contribution < -0.4 is 5.56 Å². The molecule has 0 bridgehead atoms. The van der Waals surface area contributed by atoms with Gasteiger partial charge in [-0.2, -0.15) is 0 Å². The summed E-state index contributed by atoms with van der Waals surface area (Å²) in [5.74, 6) is 0.657. The molecule has 3 rings (SSSR count). The number of fused-ring (bicyclic) bond motifs is 3. The van der Waals surface area contributed by atoms with Crippen LogP contribution in [0.1, 0.15) is 57.3 Å². The van der Waals surface area contributed by atoms with Gasteiger partial charge in [0.2, 0.25) is 0 Å². The number of aliphatic hydroxyl groups is 1. The topological polar surface area (TPSA) is 78.5 Å². The van der Waals surface area contributed by atoms with Crippen molar-refractivity contribution in [1.82, 2.24) is 14.9 Å². The molecule has 0 saturated carbocycles. The molecular weight excluding hydrogens is 362 g/mol. The second-order valence-electron chi connectivity index (χ2n) is 8.65. The molecule has 150 valence electrons. The Kier molecular flexibility index (Phi) is 6.05. The molecule has 0 unspecified atom stereocenters. The van der Waals surface area contributed by atoms with Gasteiger partial charge in [-0.3, -0.25) is 9.69 Å². The monoisotopic (exact) mass is 393 g/mol. The van der Waals surface area contributed by atoms with E-state index < -0.39 is 6.10 Å². The molecule has 2 aromatic rings. The van der Waals surface area contributed by atoms with Gasteiger partial charge in [0.15, 0.2) is 0 Å². The Balaban J connectivity index is 1.74. The number of nitrogens with one attached hydrogen (secondary N) is 1. The summed E-state index contributed by atoms with van der Waals surface area (Å²) in [7, 11) is 0. The van der Waals surface area contributed by atoms with Crippen LogP contribution in [0, 0.1) is 0 Å². The molecule has 0 aromatic carbocycles. The normalized spacial score (nSPS) is 15.9. The summed E-state index contributed by atoms with van der Waals surface area (Å²) >= 11 is 1.66. The number of hydrogen-bond acceptors (Lipinski definition) is 6. The zero-order chi connectivity index (χ0) is 19.8. The first-order valence-corrected chi connectivity index (χ1v) is 10.5. The fourth-order valence-electron chi connectivity index (χ4n) is 3.44. The Morgan fingerprint density at radius 2 is 2.07 bits per heavy atom. The molecule has 2 N–H and O–H groups in total. The van der Waals surface area contributed by atoms with Crippen LogP contribution in [0.3, 0.4) is 0 Å². The number of thiophene rings is 1. The van der Waals surface area contributed by atoms with Crippen LogP contribution in [-0.4, -0.2) is 50.9 Å². The Morgan fingerprint density at radius 3 is 2.74 bits per heavy atom. The van der Waals surface area contributed by atoms with E-state index in [1.807, 2.05) is 20.8 Å². The molecule has 1 atom stereocenters. The van der Waals surface area contributed by atoms with Crippen molar-refractivity contribution in [3.63, 3.8) is 0 Å². The molecule has 7 heteroatoms. The maximum atomic E-state index is 12.6. The molecule has 1 aliphatic carbocycles. The van der Waals surface area contributed by atoms with Crippen molar-refractivity contribution in [2.75, 3.05) is 13.2 Å². The molecule has 0 amide bonds. The van der Waals surface area contributed by atoms with Gasteiger partial charge in [-0.05, 0) is 59.4 Å². The average Bonchev–Trinajstić information content (AvgIpc) is 3.11. The van der Waals surface area contributed by atoms with Gasteiger partial charge in [0.05, 0.1) is 30.2 Å². The summed E-state index contributed by atoms with van der Waals surface area (Å²) in [6.07, 6.45) is 2.59. The SMILES string of the molecule is CC(C)N(Cc1nc2sc3c(c2c(=O)[nH]1)CCC3)C[C@@H](O)COC(C)(C)C. The van der Waals surface area contributed by atoms with Crippen molar-refractivity contribution >= 4 is 21.6 Å². The van der Waals surface area contributed by atoms with Crippen LogP contribution in [0.15, 0.2) is 4.79 Å². The van der Waals surface area contributed by atoms with E-state index in [0.29, 0.717) is 18.9 Å². The molecular formula is C20H31N3O3S. The molecule has 0 fully saturated rings. The molecule has 0 spiro atoms. The van der Waals surface area contributed by atoms with Crippen LogP contribution in [-0.2, 0) is 24.1 Å². The zero-order valence-electron chi connectivity index (χ0n) is 17.0. The van der Waals surface area contributed by atoms with E-state index in [1.54, 1.807) is 11.3 Å². The fraction of sp³-hybridized carbons (Fsp3) is 0.700. The largest absolute Gasteiger partial charge is 0.389 e. The van der Waals surface area contributed by atoms with E-state index in [-0.39, 0.29) is 23.8 Å². The van der Waals surface area contributed by atoms with Crippen LogP contribution in [0.4, 0.5) is 0 Å². The van der Waals surface area contributed by atoms with E-state index in [2.05, 4.69) is 23.7 Å². The molecule has 27 heavy (non-hydrogen) atoms. The minimum atomic E-state index is -0.590. The minimum absolute atomic E-state index is 0.0327. The van der Waals surface area contributed by atoms with Gasteiger partial charge in [-0.15, -0.1) is 11.3 Å². The van der Waals surface area contributed by atoms with Gasteiger partial charge in [0.25, 0.3) is 5.56 Å². The summed E-state index contributed by atoms with van der Waals surface area (Å²) in [4.78, 5) is 24.6. The third-order valence-electron chi connectivity index (χ3n) is 4.86. The number of aromatic amines is 1. The third kappa shape index (κ3) is 4.96. The Labute approximate surface area is 164 Å². The second kappa shape index (κ2) is 7.99. The van der Waals surface area contributed by atoms with E-state index in [9.17, 15) is 9.90 Å². The van der Waals surface area contributed by atoms with Crippen molar-refractivity contribution in [3.05, 3.63) is 26.6 Å².